The molecule has 2 heterocycles. The molecule has 0 atom stereocenters. The number of ether oxygens (including phenoxy) is 2. The van der Waals surface area contributed by atoms with Crippen LogP contribution in [0.3, 0.4) is 0 Å². The van der Waals surface area contributed by atoms with Gasteiger partial charge in [0.2, 0.25) is 0 Å². The standard InChI is InChI=1S/C11H14O3/c1-2-3-9-8-10(12)14-11(9)4-6-13-7-5-11/h2,8H,1,3-7H2. The Morgan fingerprint density at radius 3 is 2.86 bits per heavy atom. The molecule has 76 valence electrons. The highest BCUT2D eigenvalue weighted by atomic mass is 16.6. The Hall–Kier alpha value is -1.09. The lowest BCUT2D eigenvalue weighted by molar-refractivity contribution is -0.152. The van der Waals surface area contributed by atoms with Gasteiger partial charge in [-0.1, -0.05) is 6.08 Å². The Balaban J connectivity index is 2.20. The van der Waals surface area contributed by atoms with Gasteiger partial charge in [-0.25, -0.2) is 4.79 Å². The molecule has 1 saturated heterocycles. The van der Waals surface area contributed by atoms with E-state index in [1.165, 1.54) is 0 Å². The van der Waals surface area contributed by atoms with Gasteiger partial charge in [-0.2, -0.15) is 0 Å². The van der Waals surface area contributed by atoms with Crippen molar-refractivity contribution in [2.75, 3.05) is 13.2 Å². The second-order valence-electron chi connectivity index (χ2n) is 3.69. The topological polar surface area (TPSA) is 35.5 Å². The number of carbonyl (C=O) groups excluding carboxylic acids is 1. The number of hydrogen-bond acceptors (Lipinski definition) is 3. The lowest BCUT2D eigenvalue weighted by Gasteiger charge is -2.34. The van der Waals surface area contributed by atoms with Gasteiger partial charge < -0.3 is 9.47 Å². The summed E-state index contributed by atoms with van der Waals surface area (Å²) in [5, 5.41) is 0. The number of allylic oxidation sites excluding steroid dienone is 1. The Morgan fingerprint density at radius 2 is 2.21 bits per heavy atom. The molecular weight excluding hydrogens is 180 g/mol. The molecule has 1 fully saturated rings. The van der Waals surface area contributed by atoms with Crippen LogP contribution in [-0.4, -0.2) is 24.8 Å². The van der Waals surface area contributed by atoms with Crippen molar-refractivity contribution in [1.82, 2.24) is 0 Å². The van der Waals surface area contributed by atoms with E-state index in [0.29, 0.717) is 13.2 Å². The predicted octanol–water partition coefficient (Wildman–Crippen LogP) is 1.59. The van der Waals surface area contributed by atoms with Crippen molar-refractivity contribution in [3.63, 3.8) is 0 Å². The molecule has 3 heteroatoms. The van der Waals surface area contributed by atoms with Gasteiger partial charge in [-0.05, 0) is 12.0 Å². The predicted molar refractivity (Wildman–Crippen MR) is 51.8 cm³/mol. The van der Waals surface area contributed by atoms with E-state index >= 15 is 0 Å². The third-order valence-corrected chi connectivity index (χ3v) is 2.84. The molecule has 2 aliphatic heterocycles. The Morgan fingerprint density at radius 1 is 1.50 bits per heavy atom. The second-order valence-corrected chi connectivity index (χ2v) is 3.69. The van der Waals surface area contributed by atoms with Crippen LogP contribution < -0.4 is 0 Å². The van der Waals surface area contributed by atoms with Crippen LogP contribution in [0.1, 0.15) is 19.3 Å². The molecule has 0 aromatic heterocycles. The number of rotatable bonds is 2. The summed E-state index contributed by atoms with van der Waals surface area (Å²) in [5.41, 5.74) is 0.685. The highest BCUT2D eigenvalue weighted by molar-refractivity contribution is 5.86. The van der Waals surface area contributed by atoms with Gasteiger partial charge in [0.05, 0.1) is 13.2 Å². The van der Waals surface area contributed by atoms with Crippen LogP contribution in [0, 0.1) is 0 Å². The van der Waals surface area contributed by atoms with Crippen molar-refractivity contribution in [1.29, 1.82) is 0 Å². The minimum atomic E-state index is -0.372. The van der Waals surface area contributed by atoms with E-state index in [1.54, 1.807) is 6.08 Å². The van der Waals surface area contributed by atoms with Crippen LogP contribution in [0.5, 0.6) is 0 Å². The molecule has 0 aliphatic carbocycles. The average Bonchev–Trinajstić information content (AvgIpc) is 2.45. The smallest absolute Gasteiger partial charge is 0.331 e. The lowest BCUT2D eigenvalue weighted by Crippen LogP contribution is -2.38. The molecule has 0 amide bonds. The van der Waals surface area contributed by atoms with Crippen molar-refractivity contribution in [2.24, 2.45) is 0 Å². The van der Waals surface area contributed by atoms with Crippen molar-refractivity contribution < 1.29 is 14.3 Å². The first kappa shape index (κ1) is 9.46. The summed E-state index contributed by atoms with van der Waals surface area (Å²) in [6, 6.07) is 0. The Bertz CT molecular complexity index is 285. The molecule has 0 saturated carbocycles. The zero-order chi connectivity index (χ0) is 10.0. The molecule has 1 spiro atoms. The fourth-order valence-electron chi connectivity index (χ4n) is 2.09. The fourth-order valence-corrected chi connectivity index (χ4v) is 2.09. The van der Waals surface area contributed by atoms with Crippen LogP contribution in [0.4, 0.5) is 0 Å². The minimum absolute atomic E-state index is 0.219. The summed E-state index contributed by atoms with van der Waals surface area (Å²) >= 11 is 0. The highest BCUT2D eigenvalue weighted by Gasteiger charge is 2.43. The van der Waals surface area contributed by atoms with E-state index in [-0.39, 0.29) is 11.6 Å². The second kappa shape index (κ2) is 3.58. The molecule has 14 heavy (non-hydrogen) atoms. The van der Waals surface area contributed by atoms with E-state index in [4.69, 9.17) is 9.47 Å². The maximum atomic E-state index is 11.2. The van der Waals surface area contributed by atoms with Crippen molar-refractivity contribution in [2.45, 2.75) is 24.9 Å². The Labute approximate surface area is 83.4 Å². The van der Waals surface area contributed by atoms with Gasteiger partial charge in [0.25, 0.3) is 0 Å². The van der Waals surface area contributed by atoms with Crippen LogP contribution in [0.2, 0.25) is 0 Å². The summed E-state index contributed by atoms with van der Waals surface area (Å²) in [7, 11) is 0. The summed E-state index contributed by atoms with van der Waals surface area (Å²) in [6.07, 6.45) is 5.70. The molecule has 2 aliphatic rings. The van der Waals surface area contributed by atoms with Crippen molar-refractivity contribution >= 4 is 5.97 Å². The van der Waals surface area contributed by atoms with E-state index < -0.39 is 0 Å². The first-order valence-electron chi connectivity index (χ1n) is 4.89. The molecule has 0 radical (unpaired) electrons. The number of hydrogen-bond donors (Lipinski definition) is 0. The summed E-state index contributed by atoms with van der Waals surface area (Å²) in [5.74, 6) is -0.219. The van der Waals surface area contributed by atoms with Gasteiger partial charge >= 0.3 is 5.97 Å². The van der Waals surface area contributed by atoms with Crippen LogP contribution in [0.25, 0.3) is 0 Å². The van der Waals surface area contributed by atoms with Gasteiger partial charge in [-0.3, -0.25) is 0 Å². The first-order chi connectivity index (χ1) is 6.77. The number of esters is 1. The van der Waals surface area contributed by atoms with Crippen LogP contribution in [0.15, 0.2) is 24.3 Å². The zero-order valence-corrected chi connectivity index (χ0v) is 8.12. The van der Waals surface area contributed by atoms with Gasteiger partial charge in [0, 0.05) is 18.9 Å². The van der Waals surface area contributed by atoms with E-state index in [1.807, 2.05) is 6.08 Å². The molecule has 0 aromatic carbocycles. The third kappa shape index (κ3) is 1.48. The van der Waals surface area contributed by atoms with Crippen LogP contribution >= 0.6 is 0 Å². The van der Waals surface area contributed by atoms with Gasteiger partial charge in [0.15, 0.2) is 0 Å². The maximum Gasteiger partial charge on any atom is 0.331 e. The van der Waals surface area contributed by atoms with Gasteiger partial charge in [-0.15, -0.1) is 6.58 Å². The maximum absolute atomic E-state index is 11.2. The summed E-state index contributed by atoms with van der Waals surface area (Å²) < 4.78 is 10.7. The fraction of sp³-hybridized carbons (Fsp3) is 0.545. The molecule has 2 rings (SSSR count). The van der Waals surface area contributed by atoms with Crippen molar-refractivity contribution in [3.8, 4) is 0 Å². The van der Waals surface area contributed by atoms with Gasteiger partial charge in [0.1, 0.15) is 5.60 Å². The SMILES string of the molecule is C=CCC1=CC(=O)OC12CCOCC2. The zero-order valence-electron chi connectivity index (χ0n) is 8.12. The summed E-state index contributed by atoms with van der Waals surface area (Å²) in [4.78, 5) is 11.2. The molecule has 3 nitrogen and oxygen atoms in total. The van der Waals surface area contributed by atoms with Crippen molar-refractivity contribution in [3.05, 3.63) is 24.3 Å². The molecule has 0 N–H and O–H groups in total. The first-order valence-corrected chi connectivity index (χ1v) is 4.89. The summed E-state index contributed by atoms with van der Waals surface area (Å²) in [6.45, 7) is 5.03. The largest absolute Gasteiger partial charge is 0.451 e. The number of carbonyl (C=O) groups is 1. The molecule has 0 bridgehead atoms. The molecule has 0 unspecified atom stereocenters. The quantitative estimate of drug-likeness (QED) is 0.494. The Kier molecular flexibility index (Phi) is 2.42. The van der Waals surface area contributed by atoms with E-state index in [0.717, 1.165) is 24.8 Å². The minimum Gasteiger partial charge on any atom is -0.451 e. The normalized spacial score (nSPS) is 24.6. The van der Waals surface area contributed by atoms with Crippen LogP contribution in [-0.2, 0) is 14.3 Å². The average molecular weight is 194 g/mol. The monoisotopic (exact) mass is 194 g/mol. The molecule has 0 aromatic rings. The highest BCUT2D eigenvalue weighted by Crippen LogP contribution is 2.38. The van der Waals surface area contributed by atoms with E-state index in [2.05, 4.69) is 6.58 Å². The lowest BCUT2D eigenvalue weighted by atomic mass is 9.85. The van der Waals surface area contributed by atoms with E-state index in [9.17, 15) is 4.79 Å². The third-order valence-electron chi connectivity index (χ3n) is 2.84. The molecular formula is C11H14O3.